The molecule has 1 aliphatic rings. The molecule has 1 aromatic carbocycles. The molecular formula is C13H18N2O4S. The van der Waals surface area contributed by atoms with E-state index in [1.807, 2.05) is 12.1 Å². The second-order valence-corrected chi connectivity index (χ2v) is 7.08. The summed E-state index contributed by atoms with van der Waals surface area (Å²) in [5.74, 6) is -1.36. The molecule has 2 rings (SSSR count). The maximum atomic E-state index is 12.0. The number of carboxylic acid groups (broad SMARTS) is 1. The Balaban J connectivity index is 2.27. The van der Waals surface area contributed by atoms with Crippen LogP contribution in [0.4, 0.5) is 5.69 Å². The van der Waals surface area contributed by atoms with Crippen LogP contribution in [0, 0.1) is 0 Å². The van der Waals surface area contributed by atoms with Gasteiger partial charge in [0, 0.05) is 11.7 Å². The van der Waals surface area contributed by atoms with Gasteiger partial charge in [0.05, 0.1) is 0 Å². The van der Waals surface area contributed by atoms with E-state index in [4.69, 9.17) is 10.8 Å². The molecule has 0 spiro atoms. The van der Waals surface area contributed by atoms with Gasteiger partial charge in [-0.05, 0) is 49.4 Å². The lowest BCUT2D eigenvalue weighted by Gasteiger charge is -2.27. The summed E-state index contributed by atoms with van der Waals surface area (Å²) in [5.41, 5.74) is 8.27. The number of nitrogens with two attached hydrogens (primary N) is 1. The van der Waals surface area contributed by atoms with Crippen LogP contribution in [-0.2, 0) is 21.2 Å². The van der Waals surface area contributed by atoms with Crippen molar-refractivity contribution in [2.45, 2.75) is 37.5 Å². The first-order valence-electron chi connectivity index (χ1n) is 6.43. The molecule has 0 saturated carbocycles. The van der Waals surface area contributed by atoms with E-state index in [0.29, 0.717) is 12.1 Å². The summed E-state index contributed by atoms with van der Waals surface area (Å²) < 4.78 is 26.5. The van der Waals surface area contributed by atoms with Gasteiger partial charge in [0.1, 0.15) is 0 Å². The van der Waals surface area contributed by atoms with Gasteiger partial charge < -0.3 is 10.8 Å². The van der Waals surface area contributed by atoms with Crippen molar-refractivity contribution in [1.82, 2.24) is 4.72 Å². The number of anilines is 1. The molecule has 110 valence electrons. The smallest absolute Gasteiger partial charge is 0.323 e. The van der Waals surface area contributed by atoms with E-state index < -0.39 is 21.2 Å². The first kappa shape index (κ1) is 14.8. The van der Waals surface area contributed by atoms with E-state index in [2.05, 4.69) is 4.72 Å². The molecule has 0 amide bonds. The quantitative estimate of drug-likeness (QED) is 0.719. The van der Waals surface area contributed by atoms with Gasteiger partial charge in [0.15, 0.2) is 5.25 Å². The molecule has 0 saturated heterocycles. The first-order valence-corrected chi connectivity index (χ1v) is 7.98. The summed E-state index contributed by atoms with van der Waals surface area (Å²) in [6.07, 6.45) is 2.35. The minimum atomic E-state index is -3.89. The summed E-state index contributed by atoms with van der Waals surface area (Å²) in [4.78, 5) is 10.8. The van der Waals surface area contributed by atoms with E-state index in [9.17, 15) is 13.2 Å². The van der Waals surface area contributed by atoms with E-state index in [1.54, 1.807) is 6.07 Å². The Hall–Kier alpha value is -1.60. The normalized spacial score (nSPS) is 20.1. The lowest BCUT2D eigenvalue weighted by Crippen LogP contribution is -2.40. The van der Waals surface area contributed by atoms with Gasteiger partial charge in [0.25, 0.3) is 0 Å². The predicted molar refractivity (Wildman–Crippen MR) is 75.7 cm³/mol. The fraction of sp³-hybridized carbons (Fsp3) is 0.462. The van der Waals surface area contributed by atoms with Crippen molar-refractivity contribution >= 4 is 21.7 Å². The molecule has 0 fully saturated rings. The third-order valence-electron chi connectivity index (χ3n) is 3.60. The molecule has 1 aromatic rings. The van der Waals surface area contributed by atoms with Crippen LogP contribution in [0.5, 0.6) is 0 Å². The average Bonchev–Trinajstić information content (AvgIpc) is 2.37. The third-order valence-corrected chi connectivity index (χ3v) is 5.35. The molecule has 0 aromatic heterocycles. The zero-order chi connectivity index (χ0) is 14.9. The second-order valence-electron chi connectivity index (χ2n) is 5.05. The lowest BCUT2D eigenvalue weighted by atomic mass is 9.88. The SMILES string of the molecule is CC(C(=O)O)S(=O)(=O)NC1CCCc2cc(N)ccc21. The zero-order valence-corrected chi connectivity index (χ0v) is 12.0. The van der Waals surface area contributed by atoms with Crippen molar-refractivity contribution < 1.29 is 18.3 Å². The zero-order valence-electron chi connectivity index (χ0n) is 11.2. The standard InChI is InChI=1S/C13H18N2O4S/c1-8(13(16)17)20(18,19)15-12-4-2-3-9-7-10(14)5-6-11(9)12/h5-8,12,15H,2-4,14H2,1H3,(H,16,17). The van der Waals surface area contributed by atoms with Crippen molar-refractivity contribution in [2.75, 3.05) is 5.73 Å². The average molecular weight is 298 g/mol. The highest BCUT2D eigenvalue weighted by molar-refractivity contribution is 7.90. The van der Waals surface area contributed by atoms with Gasteiger partial charge >= 0.3 is 5.97 Å². The van der Waals surface area contributed by atoms with E-state index in [0.717, 1.165) is 30.9 Å². The number of nitrogen functional groups attached to an aromatic ring is 1. The van der Waals surface area contributed by atoms with Crippen molar-refractivity contribution in [2.24, 2.45) is 0 Å². The molecule has 6 nitrogen and oxygen atoms in total. The summed E-state index contributed by atoms with van der Waals surface area (Å²) >= 11 is 0. The number of nitrogens with one attached hydrogen (secondary N) is 1. The van der Waals surface area contributed by atoms with Crippen LogP contribution in [0.3, 0.4) is 0 Å². The summed E-state index contributed by atoms with van der Waals surface area (Å²) in [6.45, 7) is 1.16. The largest absolute Gasteiger partial charge is 0.480 e. The Morgan fingerprint density at radius 1 is 1.50 bits per heavy atom. The van der Waals surface area contributed by atoms with Gasteiger partial charge in [-0.2, -0.15) is 0 Å². The molecule has 4 N–H and O–H groups in total. The van der Waals surface area contributed by atoms with E-state index in [-0.39, 0.29) is 6.04 Å². The van der Waals surface area contributed by atoms with Crippen molar-refractivity contribution in [3.8, 4) is 0 Å². The Kier molecular flexibility index (Phi) is 4.01. The number of carboxylic acids is 1. The highest BCUT2D eigenvalue weighted by Gasteiger charge is 2.32. The van der Waals surface area contributed by atoms with Crippen molar-refractivity contribution in [3.05, 3.63) is 29.3 Å². The van der Waals surface area contributed by atoms with E-state index >= 15 is 0 Å². The number of benzene rings is 1. The van der Waals surface area contributed by atoms with Crippen LogP contribution < -0.4 is 10.5 Å². The van der Waals surface area contributed by atoms with Crippen LogP contribution >= 0.6 is 0 Å². The molecule has 0 heterocycles. The number of hydrogen-bond donors (Lipinski definition) is 3. The fourth-order valence-corrected chi connectivity index (χ4v) is 3.50. The highest BCUT2D eigenvalue weighted by Crippen LogP contribution is 2.31. The molecule has 1 aliphatic carbocycles. The Bertz CT molecular complexity index is 627. The van der Waals surface area contributed by atoms with Crippen LogP contribution in [-0.4, -0.2) is 24.7 Å². The molecule has 2 unspecified atom stereocenters. The maximum absolute atomic E-state index is 12.0. The first-order chi connectivity index (χ1) is 9.31. The van der Waals surface area contributed by atoms with Crippen molar-refractivity contribution in [3.63, 3.8) is 0 Å². The van der Waals surface area contributed by atoms with Gasteiger partial charge in [-0.3, -0.25) is 4.79 Å². The summed E-state index contributed by atoms with van der Waals surface area (Å²) in [5, 5.41) is 7.37. The van der Waals surface area contributed by atoms with Gasteiger partial charge in [0.2, 0.25) is 10.0 Å². The highest BCUT2D eigenvalue weighted by atomic mass is 32.2. The number of fused-ring (bicyclic) bond motifs is 1. The molecule has 0 radical (unpaired) electrons. The summed E-state index contributed by atoms with van der Waals surface area (Å²) in [7, 11) is -3.89. The van der Waals surface area contributed by atoms with E-state index in [1.165, 1.54) is 0 Å². The topological polar surface area (TPSA) is 109 Å². The minimum absolute atomic E-state index is 0.383. The number of aliphatic carboxylic acids is 1. The van der Waals surface area contributed by atoms with Gasteiger partial charge in [-0.25, -0.2) is 13.1 Å². The van der Waals surface area contributed by atoms with Crippen LogP contribution in [0.15, 0.2) is 18.2 Å². The second kappa shape index (κ2) is 5.41. The molecule has 20 heavy (non-hydrogen) atoms. The number of rotatable bonds is 4. The number of aryl methyl sites for hydroxylation is 1. The maximum Gasteiger partial charge on any atom is 0.323 e. The van der Waals surface area contributed by atoms with Gasteiger partial charge in [-0.15, -0.1) is 0 Å². The van der Waals surface area contributed by atoms with Crippen LogP contribution in [0.1, 0.15) is 36.9 Å². The Morgan fingerprint density at radius 3 is 2.85 bits per heavy atom. The molecule has 2 atom stereocenters. The predicted octanol–water partition coefficient (Wildman–Crippen LogP) is 1.04. The number of sulfonamides is 1. The van der Waals surface area contributed by atoms with Crippen LogP contribution in [0.25, 0.3) is 0 Å². The molecule has 7 heteroatoms. The number of hydrogen-bond acceptors (Lipinski definition) is 4. The lowest BCUT2D eigenvalue weighted by molar-refractivity contribution is -0.136. The molecule has 0 aliphatic heterocycles. The van der Waals surface area contributed by atoms with Gasteiger partial charge in [-0.1, -0.05) is 6.07 Å². The molecular weight excluding hydrogens is 280 g/mol. The minimum Gasteiger partial charge on any atom is -0.480 e. The molecule has 0 bridgehead atoms. The monoisotopic (exact) mass is 298 g/mol. The summed E-state index contributed by atoms with van der Waals surface area (Å²) in [6, 6.07) is 5.00. The van der Waals surface area contributed by atoms with Crippen LogP contribution in [0.2, 0.25) is 0 Å². The third kappa shape index (κ3) is 2.94. The van der Waals surface area contributed by atoms with Crippen molar-refractivity contribution in [1.29, 1.82) is 0 Å². The Labute approximate surface area is 118 Å². The Morgan fingerprint density at radius 2 is 2.20 bits per heavy atom. The number of carbonyl (C=O) groups is 1. The fourth-order valence-electron chi connectivity index (χ4n) is 2.39.